The van der Waals surface area contributed by atoms with E-state index >= 15 is 0 Å². The summed E-state index contributed by atoms with van der Waals surface area (Å²) in [6.45, 7) is 0. The molecule has 0 spiro atoms. The fourth-order valence-electron chi connectivity index (χ4n) is 3.10. The van der Waals surface area contributed by atoms with Crippen LogP contribution in [0.25, 0.3) is 5.69 Å². The van der Waals surface area contributed by atoms with Gasteiger partial charge in [-0.25, -0.2) is 13.1 Å². The van der Waals surface area contributed by atoms with Gasteiger partial charge in [-0.1, -0.05) is 12.1 Å². The summed E-state index contributed by atoms with van der Waals surface area (Å²) in [5.74, 6) is 0.491. The molecule has 0 saturated carbocycles. The van der Waals surface area contributed by atoms with Crippen LogP contribution < -0.4 is 10.1 Å². The molecule has 4 rings (SSSR count). The smallest absolute Gasteiger partial charge is 0.257 e. The van der Waals surface area contributed by atoms with E-state index in [4.69, 9.17) is 4.74 Å². The van der Waals surface area contributed by atoms with Crippen molar-refractivity contribution < 1.29 is 17.9 Å². The predicted octanol–water partition coefficient (Wildman–Crippen LogP) is 3.17. The fourth-order valence-corrected chi connectivity index (χ4v) is 5.23. The standard InChI is InChI=1S/C19H16IN3O4S/c1-27-13-8-6-12(7-9-13)23-18(15-10-28(25,26)11-17(15)22-23)21-19(24)14-4-2-3-5-16(14)20/h2-9H,10-11H2,1H3,(H,21,24). The Morgan fingerprint density at radius 3 is 2.54 bits per heavy atom. The van der Waals surface area contributed by atoms with Crippen LogP contribution in [0.3, 0.4) is 0 Å². The van der Waals surface area contributed by atoms with Gasteiger partial charge in [0, 0.05) is 9.13 Å². The minimum atomic E-state index is -3.25. The van der Waals surface area contributed by atoms with E-state index in [1.54, 1.807) is 48.2 Å². The molecule has 3 aromatic rings. The van der Waals surface area contributed by atoms with Crippen LogP contribution in [0, 0.1) is 3.57 Å². The lowest BCUT2D eigenvalue weighted by atomic mass is 10.2. The zero-order valence-corrected chi connectivity index (χ0v) is 17.8. The van der Waals surface area contributed by atoms with Gasteiger partial charge in [-0.3, -0.25) is 4.79 Å². The van der Waals surface area contributed by atoms with Crippen molar-refractivity contribution >= 4 is 44.2 Å². The van der Waals surface area contributed by atoms with Gasteiger partial charge in [-0.2, -0.15) is 5.10 Å². The number of carbonyl (C=O) groups excluding carboxylic acids is 1. The Labute approximate surface area is 175 Å². The molecule has 1 aliphatic rings. The summed E-state index contributed by atoms with van der Waals surface area (Å²) < 4.78 is 31.7. The van der Waals surface area contributed by atoms with E-state index in [1.165, 1.54) is 0 Å². The van der Waals surface area contributed by atoms with Crippen molar-refractivity contribution in [3.63, 3.8) is 0 Å². The maximum Gasteiger partial charge on any atom is 0.257 e. The number of rotatable bonds is 4. The van der Waals surface area contributed by atoms with E-state index in [-0.39, 0.29) is 17.4 Å². The van der Waals surface area contributed by atoms with Gasteiger partial charge in [0.25, 0.3) is 5.91 Å². The number of fused-ring (bicyclic) bond motifs is 1. The number of carbonyl (C=O) groups is 1. The molecule has 9 heteroatoms. The third kappa shape index (κ3) is 3.51. The van der Waals surface area contributed by atoms with E-state index in [2.05, 4.69) is 33.0 Å². The molecule has 7 nitrogen and oxygen atoms in total. The molecule has 28 heavy (non-hydrogen) atoms. The van der Waals surface area contributed by atoms with Crippen LogP contribution in [-0.4, -0.2) is 31.2 Å². The second kappa shape index (κ2) is 7.21. The van der Waals surface area contributed by atoms with E-state index in [0.29, 0.717) is 34.1 Å². The molecule has 0 atom stereocenters. The van der Waals surface area contributed by atoms with Crippen LogP contribution in [0.5, 0.6) is 5.75 Å². The Hall–Kier alpha value is -2.40. The molecule has 0 radical (unpaired) electrons. The second-order valence-electron chi connectivity index (χ2n) is 6.35. The van der Waals surface area contributed by atoms with Crippen LogP contribution in [0.4, 0.5) is 5.82 Å². The zero-order valence-electron chi connectivity index (χ0n) is 14.8. The molecule has 2 heterocycles. The van der Waals surface area contributed by atoms with Gasteiger partial charge in [0.1, 0.15) is 11.6 Å². The molecule has 2 aromatic carbocycles. The van der Waals surface area contributed by atoms with Crippen molar-refractivity contribution in [2.24, 2.45) is 0 Å². The van der Waals surface area contributed by atoms with E-state index < -0.39 is 9.84 Å². The fraction of sp³-hybridized carbons (Fsp3) is 0.158. The first kappa shape index (κ1) is 18.9. The summed E-state index contributed by atoms with van der Waals surface area (Å²) in [7, 11) is -1.67. The molecule has 0 saturated heterocycles. The number of benzene rings is 2. The summed E-state index contributed by atoms with van der Waals surface area (Å²) in [5.41, 5.74) is 2.22. The molecule has 0 unspecified atom stereocenters. The Bertz CT molecular complexity index is 1170. The highest BCUT2D eigenvalue weighted by Gasteiger charge is 2.33. The number of hydrogen-bond donors (Lipinski definition) is 1. The van der Waals surface area contributed by atoms with Crippen LogP contribution in [-0.2, 0) is 21.3 Å². The van der Waals surface area contributed by atoms with Crippen molar-refractivity contribution in [3.8, 4) is 11.4 Å². The number of nitrogens with zero attached hydrogens (tertiary/aromatic N) is 2. The zero-order chi connectivity index (χ0) is 19.9. The summed E-state index contributed by atoms with van der Waals surface area (Å²) >= 11 is 2.09. The van der Waals surface area contributed by atoms with Crippen molar-refractivity contribution in [3.05, 3.63) is 68.9 Å². The lowest BCUT2D eigenvalue weighted by molar-refractivity contribution is 0.102. The average molecular weight is 509 g/mol. The number of sulfone groups is 1. The number of amides is 1. The average Bonchev–Trinajstić information content (AvgIpc) is 3.14. The quantitative estimate of drug-likeness (QED) is 0.546. The number of methoxy groups -OCH3 is 1. The number of nitrogens with one attached hydrogen (secondary N) is 1. The minimum Gasteiger partial charge on any atom is -0.497 e. The van der Waals surface area contributed by atoms with Crippen LogP contribution >= 0.6 is 22.6 Å². The van der Waals surface area contributed by atoms with Crippen molar-refractivity contribution in [1.82, 2.24) is 9.78 Å². The monoisotopic (exact) mass is 509 g/mol. The Balaban J connectivity index is 1.78. The maximum absolute atomic E-state index is 12.9. The first-order valence-corrected chi connectivity index (χ1v) is 11.3. The lowest BCUT2D eigenvalue weighted by Gasteiger charge is -2.12. The highest BCUT2D eigenvalue weighted by atomic mass is 127. The van der Waals surface area contributed by atoms with Crippen LogP contribution in [0.15, 0.2) is 48.5 Å². The predicted molar refractivity (Wildman–Crippen MR) is 114 cm³/mol. The lowest BCUT2D eigenvalue weighted by Crippen LogP contribution is -2.18. The third-order valence-corrected chi connectivity index (χ3v) is 6.84. The van der Waals surface area contributed by atoms with Crippen molar-refractivity contribution in [1.29, 1.82) is 0 Å². The SMILES string of the molecule is COc1ccc(-n2nc3c(c2NC(=O)c2ccccc2I)CS(=O)(=O)C3)cc1. The Morgan fingerprint density at radius 2 is 1.86 bits per heavy atom. The van der Waals surface area contributed by atoms with Gasteiger partial charge in [0.15, 0.2) is 9.84 Å². The number of aromatic nitrogens is 2. The first-order chi connectivity index (χ1) is 13.4. The van der Waals surface area contributed by atoms with Crippen LogP contribution in [0.2, 0.25) is 0 Å². The maximum atomic E-state index is 12.9. The molecule has 0 fully saturated rings. The van der Waals surface area contributed by atoms with Gasteiger partial charge < -0.3 is 10.1 Å². The summed E-state index contributed by atoms with van der Waals surface area (Å²) in [6, 6.07) is 14.4. The van der Waals surface area contributed by atoms with E-state index in [0.717, 1.165) is 3.57 Å². The van der Waals surface area contributed by atoms with Gasteiger partial charge in [-0.05, 0) is 59.0 Å². The molecule has 0 aliphatic carbocycles. The number of hydrogen-bond acceptors (Lipinski definition) is 5. The van der Waals surface area contributed by atoms with Gasteiger partial charge >= 0.3 is 0 Å². The molecule has 1 N–H and O–H groups in total. The molecule has 1 aliphatic heterocycles. The topological polar surface area (TPSA) is 90.3 Å². The van der Waals surface area contributed by atoms with E-state index in [9.17, 15) is 13.2 Å². The number of ether oxygens (including phenoxy) is 1. The largest absolute Gasteiger partial charge is 0.497 e. The van der Waals surface area contributed by atoms with Gasteiger partial charge in [0.05, 0.1) is 35.6 Å². The van der Waals surface area contributed by atoms with Crippen molar-refractivity contribution in [2.75, 3.05) is 12.4 Å². The molecule has 1 aromatic heterocycles. The molecule has 144 valence electrons. The number of anilines is 1. The molecular weight excluding hydrogens is 493 g/mol. The third-order valence-electron chi connectivity index (χ3n) is 4.45. The highest BCUT2D eigenvalue weighted by Crippen LogP contribution is 2.33. The Kier molecular flexibility index (Phi) is 4.88. The first-order valence-electron chi connectivity index (χ1n) is 8.39. The van der Waals surface area contributed by atoms with Gasteiger partial charge in [-0.15, -0.1) is 0 Å². The summed E-state index contributed by atoms with van der Waals surface area (Å²) in [4.78, 5) is 12.9. The summed E-state index contributed by atoms with van der Waals surface area (Å²) in [5, 5.41) is 7.34. The Morgan fingerprint density at radius 1 is 1.14 bits per heavy atom. The van der Waals surface area contributed by atoms with E-state index in [1.807, 2.05) is 12.1 Å². The summed E-state index contributed by atoms with van der Waals surface area (Å²) in [6.07, 6.45) is 0. The van der Waals surface area contributed by atoms with Crippen molar-refractivity contribution in [2.45, 2.75) is 11.5 Å². The number of halogens is 1. The van der Waals surface area contributed by atoms with Crippen LogP contribution in [0.1, 0.15) is 21.6 Å². The normalized spacial score (nSPS) is 14.5. The molecular formula is C19H16IN3O4S. The minimum absolute atomic E-state index is 0.128. The molecule has 1 amide bonds. The second-order valence-corrected chi connectivity index (χ2v) is 9.58. The molecule has 0 bridgehead atoms. The highest BCUT2D eigenvalue weighted by molar-refractivity contribution is 14.1. The van der Waals surface area contributed by atoms with Gasteiger partial charge in [0.2, 0.25) is 0 Å².